The summed E-state index contributed by atoms with van der Waals surface area (Å²) in [5.74, 6) is -1.59. The van der Waals surface area contributed by atoms with Gasteiger partial charge in [0.2, 0.25) is 0 Å². The van der Waals surface area contributed by atoms with E-state index < -0.39 is 5.76 Å². The fourth-order valence-electron chi connectivity index (χ4n) is 4.51. The molecule has 1 heterocycles. The Morgan fingerprint density at radius 1 is 1.09 bits per heavy atom. The molecule has 1 aliphatic carbocycles. The smallest absolute Gasteiger partial charge is 0.288 e. The zero-order chi connectivity index (χ0) is 24.1. The second-order valence-electron chi connectivity index (χ2n) is 8.88. The van der Waals surface area contributed by atoms with Gasteiger partial charge in [0.05, 0.1) is 11.1 Å². The van der Waals surface area contributed by atoms with E-state index in [0.717, 1.165) is 48.1 Å². The molecule has 0 saturated heterocycles. The molecule has 0 bridgehead atoms. The van der Waals surface area contributed by atoms with Crippen molar-refractivity contribution < 1.29 is 13.6 Å². The van der Waals surface area contributed by atoms with Crippen LogP contribution in [0.5, 0.6) is 0 Å². The number of alkyl halides is 2. The number of halogens is 2. The van der Waals surface area contributed by atoms with Gasteiger partial charge in [-0.3, -0.25) is 4.79 Å². The highest BCUT2D eigenvalue weighted by Gasteiger charge is 2.23. The van der Waals surface area contributed by atoms with Crippen molar-refractivity contribution in [1.82, 2.24) is 10.3 Å². The van der Waals surface area contributed by atoms with E-state index in [2.05, 4.69) is 27.7 Å². The molecule has 8 heteroatoms. The first-order chi connectivity index (χ1) is 16.4. The van der Waals surface area contributed by atoms with Crippen LogP contribution in [0.2, 0.25) is 0 Å². The number of anilines is 2. The number of benzene rings is 2. The standard InChI is InChI=1S/C26H30F2N4OS/c1-32(2)22-15-24(31-21-9-5-3-7-19(21)22)30-18-13-11-17(12-14-18)16-29-25(33)20-8-4-6-10-23(20)34-26(27)28/h3-10,15,17-18,26H,11-14,16H2,1-2H3,(H,29,33)(H,30,31). The van der Waals surface area contributed by atoms with Crippen LogP contribution in [-0.4, -0.2) is 43.3 Å². The number of fused-ring (bicyclic) bond motifs is 1. The zero-order valence-corrected chi connectivity index (χ0v) is 20.2. The quantitative estimate of drug-likeness (QED) is 0.383. The van der Waals surface area contributed by atoms with Gasteiger partial charge in [0.15, 0.2) is 0 Å². The third kappa shape index (κ3) is 5.97. The first kappa shape index (κ1) is 24.3. The second-order valence-corrected chi connectivity index (χ2v) is 9.92. The average molecular weight is 485 g/mol. The number of hydrogen-bond donors (Lipinski definition) is 2. The van der Waals surface area contributed by atoms with Gasteiger partial charge in [-0.05, 0) is 49.8 Å². The SMILES string of the molecule is CN(C)c1cc(NC2CCC(CNC(=O)c3ccccc3SC(F)F)CC2)nc2ccccc12. The van der Waals surface area contributed by atoms with E-state index in [1.165, 1.54) is 0 Å². The van der Waals surface area contributed by atoms with Crippen LogP contribution in [0.15, 0.2) is 59.5 Å². The molecule has 0 aliphatic heterocycles. The largest absolute Gasteiger partial charge is 0.377 e. The number of nitrogens with zero attached hydrogens (tertiary/aromatic N) is 2. The van der Waals surface area contributed by atoms with E-state index in [0.29, 0.717) is 40.7 Å². The average Bonchev–Trinajstić information content (AvgIpc) is 2.83. The lowest BCUT2D eigenvalue weighted by atomic mass is 9.86. The fourth-order valence-corrected chi connectivity index (χ4v) is 5.14. The van der Waals surface area contributed by atoms with Crippen molar-refractivity contribution in [2.75, 3.05) is 30.9 Å². The van der Waals surface area contributed by atoms with Gasteiger partial charge in [-0.25, -0.2) is 4.98 Å². The first-order valence-electron chi connectivity index (χ1n) is 11.6. The van der Waals surface area contributed by atoms with Crippen molar-refractivity contribution in [3.8, 4) is 0 Å². The van der Waals surface area contributed by atoms with Crippen LogP contribution in [0.1, 0.15) is 36.0 Å². The number of aromatic nitrogens is 1. The molecule has 0 radical (unpaired) electrons. The highest BCUT2D eigenvalue weighted by atomic mass is 32.2. The topological polar surface area (TPSA) is 57.3 Å². The molecule has 4 rings (SSSR count). The Hall–Kier alpha value is -2.87. The number of amides is 1. The van der Waals surface area contributed by atoms with Crippen LogP contribution in [0.25, 0.3) is 10.9 Å². The predicted octanol–water partition coefficient (Wildman–Crippen LogP) is 6.02. The Balaban J connectivity index is 1.31. The molecule has 2 aromatic carbocycles. The Morgan fingerprint density at radius 2 is 1.79 bits per heavy atom. The number of pyridine rings is 1. The van der Waals surface area contributed by atoms with E-state index >= 15 is 0 Å². The van der Waals surface area contributed by atoms with Crippen molar-refractivity contribution in [1.29, 1.82) is 0 Å². The normalized spacial score (nSPS) is 18.1. The van der Waals surface area contributed by atoms with E-state index in [1.807, 2.05) is 32.3 Å². The van der Waals surface area contributed by atoms with Crippen LogP contribution in [0.3, 0.4) is 0 Å². The molecule has 1 aliphatic rings. The van der Waals surface area contributed by atoms with Crippen LogP contribution in [-0.2, 0) is 0 Å². The zero-order valence-electron chi connectivity index (χ0n) is 19.4. The fraction of sp³-hybridized carbons (Fsp3) is 0.385. The third-order valence-electron chi connectivity index (χ3n) is 6.27. The van der Waals surface area contributed by atoms with Crippen LogP contribution in [0, 0.1) is 5.92 Å². The summed E-state index contributed by atoms with van der Waals surface area (Å²) >= 11 is 0.408. The second kappa shape index (κ2) is 11.0. The van der Waals surface area contributed by atoms with Crippen LogP contribution in [0.4, 0.5) is 20.3 Å². The number of carbonyl (C=O) groups is 1. The van der Waals surface area contributed by atoms with E-state index in [4.69, 9.17) is 4.98 Å². The maximum Gasteiger partial charge on any atom is 0.288 e. The lowest BCUT2D eigenvalue weighted by Crippen LogP contribution is -2.34. The predicted molar refractivity (Wildman–Crippen MR) is 136 cm³/mol. The van der Waals surface area contributed by atoms with Crippen molar-refractivity contribution >= 4 is 40.1 Å². The summed E-state index contributed by atoms with van der Waals surface area (Å²) in [6, 6.07) is 17.1. The molecular weight excluding hydrogens is 454 g/mol. The Labute approximate surface area is 203 Å². The molecule has 180 valence electrons. The van der Waals surface area contributed by atoms with Gasteiger partial charge < -0.3 is 15.5 Å². The number of nitrogens with one attached hydrogen (secondary N) is 2. The summed E-state index contributed by atoms with van der Waals surface area (Å²) in [7, 11) is 4.07. The monoisotopic (exact) mass is 484 g/mol. The van der Waals surface area contributed by atoms with Crippen molar-refractivity contribution in [2.45, 2.75) is 42.4 Å². The molecular formula is C26H30F2N4OS. The van der Waals surface area contributed by atoms with Crippen molar-refractivity contribution in [2.24, 2.45) is 5.92 Å². The number of thioether (sulfide) groups is 1. The third-order valence-corrected chi connectivity index (χ3v) is 7.06. The van der Waals surface area contributed by atoms with Gasteiger partial charge in [-0.15, -0.1) is 0 Å². The molecule has 1 fully saturated rings. The summed E-state index contributed by atoms with van der Waals surface area (Å²) < 4.78 is 25.6. The highest BCUT2D eigenvalue weighted by molar-refractivity contribution is 7.99. The van der Waals surface area contributed by atoms with E-state index in [9.17, 15) is 13.6 Å². The summed E-state index contributed by atoms with van der Waals surface area (Å²) in [4.78, 5) is 19.8. The van der Waals surface area contributed by atoms with Gasteiger partial charge in [0, 0.05) is 48.7 Å². The first-order valence-corrected chi connectivity index (χ1v) is 12.4. The molecule has 0 atom stereocenters. The number of para-hydroxylation sites is 1. The maximum absolute atomic E-state index is 12.8. The summed E-state index contributed by atoms with van der Waals surface area (Å²) in [6.07, 6.45) is 3.95. The molecule has 2 N–H and O–H groups in total. The number of rotatable bonds is 8. The minimum atomic E-state index is -2.55. The van der Waals surface area contributed by atoms with Gasteiger partial charge >= 0.3 is 0 Å². The lowest BCUT2D eigenvalue weighted by Gasteiger charge is -2.30. The molecule has 34 heavy (non-hydrogen) atoms. The Bertz CT molecular complexity index is 1130. The Kier molecular flexibility index (Phi) is 7.88. The van der Waals surface area contributed by atoms with Gasteiger partial charge in [0.25, 0.3) is 11.7 Å². The summed E-state index contributed by atoms with van der Waals surface area (Å²) in [5.41, 5.74) is 2.41. The molecule has 0 spiro atoms. The van der Waals surface area contributed by atoms with Gasteiger partial charge in [-0.1, -0.05) is 42.1 Å². The summed E-state index contributed by atoms with van der Waals surface area (Å²) in [6.45, 7) is 0.554. The van der Waals surface area contributed by atoms with E-state index in [1.54, 1.807) is 24.3 Å². The molecule has 5 nitrogen and oxygen atoms in total. The summed E-state index contributed by atoms with van der Waals surface area (Å²) in [5, 5.41) is 7.69. The molecule has 1 aromatic heterocycles. The molecule has 3 aromatic rings. The minimum absolute atomic E-state index is 0.291. The number of carbonyl (C=O) groups excluding carboxylic acids is 1. The van der Waals surface area contributed by atoms with Crippen LogP contribution >= 0.6 is 11.8 Å². The van der Waals surface area contributed by atoms with Gasteiger partial charge in [-0.2, -0.15) is 8.78 Å². The van der Waals surface area contributed by atoms with Crippen molar-refractivity contribution in [3.63, 3.8) is 0 Å². The number of hydrogen-bond acceptors (Lipinski definition) is 5. The highest BCUT2D eigenvalue weighted by Crippen LogP contribution is 2.31. The van der Waals surface area contributed by atoms with Gasteiger partial charge in [0.1, 0.15) is 5.82 Å². The molecule has 0 unspecified atom stereocenters. The Morgan fingerprint density at radius 3 is 2.53 bits per heavy atom. The lowest BCUT2D eigenvalue weighted by molar-refractivity contribution is 0.0940. The maximum atomic E-state index is 12.8. The molecule has 1 amide bonds. The minimum Gasteiger partial charge on any atom is -0.377 e. The van der Waals surface area contributed by atoms with E-state index in [-0.39, 0.29) is 5.91 Å². The molecule has 1 saturated carbocycles. The van der Waals surface area contributed by atoms with Crippen LogP contribution < -0.4 is 15.5 Å². The van der Waals surface area contributed by atoms with Crippen molar-refractivity contribution in [3.05, 3.63) is 60.2 Å².